The summed E-state index contributed by atoms with van der Waals surface area (Å²) in [6.07, 6.45) is 2.05. The van der Waals surface area contributed by atoms with Crippen molar-refractivity contribution in [2.45, 2.75) is 20.8 Å². The number of allylic oxidation sites excluding steroid dienone is 1. The van der Waals surface area contributed by atoms with Gasteiger partial charge in [-0.2, -0.15) is 0 Å². The van der Waals surface area contributed by atoms with Gasteiger partial charge in [-0.05, 0) is 44.5 Å². The highest BCUT2D eigenvalue weighted by atomic mass is 15.4. The van der Waals surface area contributed by atoms with Crippen LogP contribution in [-0.2, 0) is 0 Å². The molecule has 0 radical (unpaired) electrons. The van der Waals surface area contributed by atoms with Crippen molar-refractivity contribution in [3.05, 3.63) is 90.0 Å². The molecule has 1 saturated heterocycles. The largest absolute Gasteiger partial charge is 0.348 e. The monoisotopic (exact) mass is 384 g/mol. The summed E-state index contributed by atoms with van der Waals surface area (Å²) in [5.74, 6) is 1.01. The van der Waals surface area contributed by atoms with Gasteiger partial charge in [0.25, 0.3) is 0 Å². The Labute approximate surface area is 173 Å². The topological polar surface area (TPSA) is 22.1 Å². The summed E-state index contributed by atoms with van der Waals surface area (Å²) >= 11 is 0. The van der Waals surface area contributed by atoms with Crippen LogP contribution in [0.4, 0.5) is 11.4 Å². The van der Waals surface area contributed by atoms with E-state index in [0.29, 0.717) is 0 Å². The highest BCUT2D eigenvalue weighted by Gasteiger charge is 2.27. The molecule has 2 aromatic rings. The fourth-order valence-corrected chi connectivity index (χ4v) is 3.98. The number of nitrogens with zero attached hydrogens (tertiary/aromatic N) is 4. The second-order valence-electron chi connectivity index (χ2n) is 7.77. The summed E-state index contributed by atoms with van der Waals surface area (Å²) < 4.78 is 0. The van der Waals surface area contributed by atoms with Crippen LogP contribution in [0.25, 0.3) is 5.70 Å². The molecule has 4 heteroatoms. The summed E-state index contributed by atoms with van der Waals surface area (Å²) in [6, 6.07) is 15.1. The Balaban J connectivity index is 1.66. The van der Waals surface area contributed by atoms with Crippen LogP contribution in [0.15, 0.2) is 78.3 Å². The number of rotatable bonds is 3. The van der Waals surface area contributed by atoms with Crippen molar-refractivity contribution in [2.24, 2.45) is 4.99 Å². The van der Waals surface area contributed by atoms with Crippen molar-refractivity contribution >= 4 is 22.8 Å². The highest BCUT2D eigenvalue weighted by molar-refractivity contribution is 6.02. The van der Waals surface area contributed by atoms with Crippen LogP contribution in [-0.4, -0.2) is 30.7 Å². The third-order valence-electron chi connectivity index (χ3n) is 5.84. The molecular weight excluding hydrogens is 356 g/mol. The zero-order chi connectivity index (χ0) is 20.7. The van der Waals surface area contributed by atoms with Gasteiger partial charge in [-0.3, -0.25) is 0 Å². The predicted molar refractivity (Wildman–Crippen MR) is 124 cm³/mol. The number of aryl methyl sites for hydroxylation is 1. The smallest absolute Gasteiger partial charge is 0.106 e. The SMILES string of the molecule is C=C1C(C)=NC(c2cccc(N3CCN(c4ccc(C)cc4)C3=C)c2C)=CN1C. The van der Waals surface area contributed by atoms with Gasteiger partial charge in [-0.15, -0.1) is 0 Å². The second kappa shape index (κ2) is 7.28. The zero-order valence-electron chi connectivity index (χ0n) is 17.7. The first-order chi connectivity index (χ1) is 13.9. The average molecular weight is 385 g/mol. The van der Waals surface area contributed by atoms with Crippen molar-refractivity contribution in [1.29, 1.82) is 0 Å². The molecule has 4 nitrogen and oxygen atoms in total. The van der Waals surface area contributed by atoms with Gasteiger partial charge in [0.2, 0.25) is 0 Å². The normalized spacial score (nSPS) is 17.0. The molecule has 0 amide bonds. The fourth-order valence-electron chi connectivity index (χ4n) is 3.98. The van der Waals surface area contributed by atoms with Gasteiger partial charge in [0.1, 0.15) is 5.82 Å². The maximum absolute atomic E-state index is 4.79. The molecule has 4 rings (SSSR count). The zero-order valence-corrected chi connectivity index (χ0v) is 17.7. The minimum Gasteiger partial charge on any atom is -0.348 e. The summed E-state index contributed by atoms with van der Waals surface area (Å²) in [5.41, 5.74) is 8.84. The molecular formula is C25H28N4. The predicted octanol–water partition coefficient (Wildman–Crippen LogP) is 5.32. The van der Waals surface area contributed by atoms with E-state index in [2.05, 4.69) is 85.5 Å². The van der Waals surface area contributed by atoms with Gasteiger partial charge >= 0.3 is 0 Å². The average Bonchev–Trinajstić information content (AvgIpc) is 3.08. The number of anilines is 2. The standard InChI is InChI=1S/C25H28N4/c1-17-10-12-22(13-11-17)28-14-15-29(21(28)5)25-9-7-8-23(18(25)2)24-16-27(6)20(4)19(3)26-24/h7-13,16H,4-5,14-15H2,1-3,6H3. The third kappa shape index (κ3) is 3.35. The molecule has 2 aromatic carbocycles. The first-order valence-corrected chi connectivity index (χ1v) is 9.96. The first kappa shape index (κ1) is 19.1. The van der Waals surface area contributed by atoms with Gasteiger partial charge in [-0.1, -0.05) is 43.0 Å². The quantitative estimate of drug-likeness (QED) is 0.715. The highest BCUT2D eigenvalue weighted by Crippen LogP contribution is 2.36. The maximum Gasteiger partial charge on any atom is 0.106 e. The lowest BCUT2D eigenvalue weighted by Crippen LogP contribution is -2.22. The molecule has 29 heavy (non-hydrogen) atoms. The summed E-state index contributed by atoms with van der Waals surface area (Å²) in [5, 5.41) is 0. The van der Waals surface area contributed by atoms with E-state index in [-0.39, 0.29) is 0 Å². The van der Waals surface area contributed by atoms with Crippen LogP contribution < -0.4 is 9.80 Å². The van der Waals surface area contributed by atoms with Crippen LogP contribution in [0.1, 0.15) is 23.6 Å². The Morgan fingerprint density at radius 2 is 1.59 bits per heavy atom. The summed E-state index contributed by atoms with van der Waals surface area (Å²) in [7, 11) is 2.02. The van der Waals surface area contributed by atoms with Gasteiger partial charge in [0, 0.05) is 43.3 Å². The molecule has 0 aromatic heterocycles. The van der Waals surface area contributed by atoms with E-state index in [1.807, 2.05) is 18.9 Å². The molecule has 2 aliphatic rings. The van der Waals surface area contributed by atoms with Crippen LogP contribution in [0, 0.1) is 13.8 Å². The van der Waals surface area contributed by atoms with E-state index in [0.717, 1.165) is 41.6 Å². The van der Waals surface area contributed by atoms with Crippen LogP contribution in [0.3, 0.4) is 0 Å². The lowest BCUT2D eigenvalue weighted by atomic mass is 10.0. The van der Waals surface area contributed by atoms with Crippen molar-refractivity contribution in [3.63, 3.8) is 0 Å². The third-order valence-corrected chi connectivity index (χ3v) is 5.84. The molecule has 0 bridgehead atoms. The van der Waals surface area contributed by atoms with Crippen molar-refractivity contribution in [1.82, 2.24) is 4.90 Å². The number of hydrogen-bond donors (Lipinski definition) is 0. The molecule has 2 heterocycles. The first-order valence-electron chi connectivity index (χ1n) is 9.96. The lowest BCUT2D eigenvalue weighted by molar-refractivity contribution is 0.596. The number of benzene rings is 2. The molecule has 1 fully saturated rings. The van der Waals surface area contributed by atoms with Crippen LogP contribution in [0.2, 0.25) is 0 Å². The Hall–Kier alpha value is -3.27. The van der Waals surface area contributed by atoms with E-state index in [1.165, 1.54) is 22.5 Å². The van der Waals surface area contributed by atoms with E-state index >= 15 is 0 Å². The van der Waals surface area contributed by atoms with E-state index < -0.39 is 0 Å². The molecule has 0 N–H and O–H groups in total. The minimum atomic E-state index is 0.912. The Morgan fingerprint density at radius 1 is 0.897 bits per heavy atom. The van der Waals surface area contributed by atoms with E-state index in [9.17, 15) is 0 Å². The molecule has 148 valence electrons. The van der Waals surface area contributed by atoms with E-state index in [4.69, 9.17) is 4.99 Å². The summed E-state index contributed by atoms with van der Waals surface area (Å²) in [6.45, 7) is 16.6. The molecule has 0 saturated carbocycles. The van der Waals surface area contributed by atoms with Gasteiger partial charge < -0.3 is 14.7 Å². The van der Waals surface area contributed by atoms with Gasteiger partial charge in [-0.25, -0.2) is 4.99 Å². The van der Waals surface area contributed by atoms with Crippen molar-refractivity contribution in [3.8, 4) is 0 Å². The Kier molecular flexibility index (Phi) is 4.79. The Morgan fingerprint density at radius 3 is 2.28 bits per heavy atom. The second-order valence-corrected chi connectivity index (χ2v) is 7.77. The van der Waals surface area contributed by atoms with Gasteiger partial charge in [0.15, 0.2) is 0 Å². The van der Waals surface area contributed by atoms with Crippen molar-refractivity contribution < 1.29 is 0 Å². The van der Waals surface area contributed by atoms with Crippen LogP contribution in [0.5, 0.6) is 0 Å². The lowest BCUT2D eigenvalue weighted by Gasteiger charge is -2.27. The molecule has 0 spiro atoms. The van der Waals surface area contributed by atoms with Gasteiger partial charge in [0.05, 0.1) is 17.1 Å². The molecule has 0 atom stereocenters. The Bertz CT molecular complexity index is 1040. The number of aliphatic imine (C=N–C) groups is 1. The van der Waals surface area contributed by atoms with Crippen LogP contribution >= 0.6 is 0 Å². The molecule has 2 aliphatic heterocycles. The summed E-state index contributed by atoms with van der Waals surface area (Å²) in [4.78, 5) is 11.4. The van der Waals surface area contributed by atoms with Crippen molar-refractivity contribution in [2.75, 3.05) is 29.9 Å². The van der Waals surface area contributed by atoms with E-state index in [1.54, 1.807) is 0 Å². The molecule has 0 aliphatic carbocycles. The fraction of sp³-hybridized carbons (Fsp3) is 0.240. The number of hydrogen-bond acceptors (Lipinski definition) is 4. The minimum absolute atomic E-state index is 0.912. The molecule has 0 unspecified atom stereocenters. The maximum atomic E-state index is 4.79.